The first kappa shape index (κ1) is 41.6. The van der Waals surface area contributed by atoms with Gasteiger partial charge in [0.1, 0.15) is 4.90 Å². The SMILES string of the molecule is CCN(CCCC(C)(C)[Si](O)(c1ccccc1)c1ccccc1)CC[C@H](CSc1ccccc1)Nc1ccc(S(N)(=O)=O)cc1S(=O)(=O)C(F)(F)F. The number of sulfonamides is 1. The number of hydrogen-bond donors (Lipinski definition) is 3. The molecule has 8 nitrogen and oxygen atoms in total. The van der Waals surface area contributed by atoms with E-state index in [-0.39, 0.29) is 5.69 Å². The highest BCUT2D eigenvalue weighted by Crippen LogP contribution is 2.40. The maximum Gasteiger partial charge on any atom is 0.501 e. The van der Waals surface area contributed by atoms with E-state index in [1.807, 2.05) is 97.9 Å². The Morgan fingerprint density at radius 1 is 0.846 bits per heavy atom. The fourth-order valence-corrected chi connectivity index (χ4v) is 12.6. The number of halogens is 3. The van der Waals surface area contributed by atoms with Gasteiger partial charge in [0.05, 0.1) is 10.6 Å². The summed E-state index contributed by atoms with van der Waals surface area (Å²) < 4.78 is 90.6. The first-order valence-electron chi connectivity index (χ1n) is 16.9. The molecule has 0 aliphatic carbocycles. The molecule has 1 atom stereocenters. The summed E-state index contributed by atoms with van der Waals surface area (Å²) in [5.41, 5.74) is -6.03. The van der Waals surface area contributed by atoms with Crippen LogP contribution in [0.25, 0.3) is 0 Å². The fraction of sp³-hybridized carbons (Fsp3) is 0.351. The molecule has 4 N–H and O–H groups in total. The third kappa shape index (κ3) is 10.1. The first-order chi connectivity index (χ1) is 24.4. The molecule has 0 radical (unpaired) electrons. The molecule has 4 aromatic carbocycles. The van der Waals surface area contributed by atoms with Gasteiger partial charge in [0.15, 0.2) is 0 Å². The quantitative estimate of drug-likeness (QED) is 0.0800. The van der Waals surface area contributed by atoms with Gasteiger partial charge in [0.2, 0.25) is 10.0 Å². The van der Waals surface area contributed by atoms with E-state index in [0.29, 0.717) is 37.9 Å². The standard InChI is InChI=1S/C37H46F3N3O5S3Si/c1-4-43(25-14-24-36(2,3)52(48,32-17-10-6-11-18-32)33-19-12-7-13-20-33)26-23-29(28-49-30-15-8-5-9-16-30)42-34-22-21-31(51(41,46)47)27-35(34)50(44,45)37(38,39)40/h5-13,15-22,27,29,42,48H,4,14,23-26,28H2,1-3H3,(H2,41,46,47)/t29-/m1/s1. The van der Waals surface area contributed by atoms with Crippen molar-refractivity contribution in [2.24, 2.45) is 5.14 Å². The lowest BCUT2D eigenvalue weighted by atomic mass is 10.1. The molecule has 0 saturated carbocycles. The van der Waals surface area contributed by atoms with Crippen LogP contribution in [-0.2, 0) is 19.9 Å². The van der Waals surface area contributed by atoms with Gasteiger partial charge in [-0.05, 0) is 78.1 Å². The minimum atomic E-state index is -5.93. The van der Waals surface area contributed by atoms with Crippen molar-refractivity contribution in [2.75, 3.05) is 30.7 Å². The summed E-state index contributed by atoms with van der Waals surface area (Å²) in [6.45, 7) is 8.18. The lowest BCUT2D eigenvalue weighted by Gasteiger charge is -2.41. The van der Waals surface area contributed by atoms with Crippen LogP contribution in [0.1, 0.15) is 40.0 Å². The second-order valence-corrected chi connectivity index (χ2v) is 21.8. The van der Waals surface area contributed by atoms with E-state index >= 15 is 0 Å². The van der Waals surface area contributed by atoms with Gasteiger partial charge in [0, 0.05) is 23.2 Å². The van der Waals surface area contributed by atoms with Crippen molar-refractivity contribution in [2.45, 2.75) is 71.3 Å². The molecule has 282 valence electrons. The number of nitrogens with one attached hydrogen (secondary N) is 1. The number of anilines is 1. The topological polar surface area (TPSA) is 130 Å². The minimum Gasteiger partial charge on any atom is -0.424 e. The highest BCUT2D eigenvalue weighted by atomic mass is 32.2. The van der Waals surface area contributed by atoms with E-state index in [2.05, 4.69) is 24.1 Å². The Morgan fingerprint density at radius 2 is 1.38 bits per heavy atom. The van der Waals surface area contributed by atoms with Crippen molar-refractivity contribution >= 4 is 56.0 Å². The highest BCUT2D eigenvalue weighted by molar-refractivity contribution is 7.99. The zero-order chi connectivity index (χ0) is 38.2. The average molecular weight is 794 g/mol. The van der Waals surface area contributed by atoms with E-state index in [4.69, 9.17) is 5.14 Å². The first-order valence-corrected chi connectivity index (χ1v) is 22.8. The van der Waals surface area contributed by atoms with Gasteiger partial charge in [0.25, 0.3) is 18.2 Å². The number of benzene rings is 4. The monoisotopic (exact) mass is 793 g/mol. The van der Waals surface area contributed by atoms with E-state index in [9.17, 15) is 34.8 Å². The molecule has 0 bridgehead atoms. The summed E-state index contributed by atoms with van der Waals surface area (Å²) in [5.74, 6) is 0.379. The van der Waals surface area contributed by atoms with E-state index < -0.39 is 54.6 Å². The van der Waals surface area contributed by atoms with Gasteiger partial charge in [-0.3, -0.25) is 0 Å². The normalized spacial score (nSPS) is 13.6. The molecule has 4 rings (SSSR count). The van der Waals surface area contributed by atoms with Crippen molar-refractivity contribution in [3.63, 3.8) is 0 Å². The van der Waals surface area contributed by atoms with Crippen molar-refractivity contribution in [1.82, 2.24) is 4.90 Å². The minimum absolute atomic E-state index is 0.362. The van der Waals surface area contributed by atoms with Crippen LogP contribution in [0.3, 0.4) is 0 Å². The molecule has 0 spiro atoms. The van der Waals surface area contributed by atoms with Crippen LogP contribution in [0.15, 0.2) is 124 Å². The van der Waals surface area contributed by atoms with Gasteiger partial charge in [-0.2, -0.15) is 13.2 Å². The number of sulfone groups is 1. The number of nitrogens with two attached hydrogens (primary N) is 1. The van der Waals surface area contributed by atoms with Crippen LogP contribution < -0.4 is 20.8 Å². The number of hydrogen-bond acceptors (Lipinski definition) is 8. The van der Waals surface area contributed by atoms with Crippen molar-refractivity contribution in [3.8, 4) is 0 Å². The van der Waals surface area contributed by atoms with Crippen molar-refractivity contribution < 1.29 is 34.8 Å². The molecule has 0 unspecified atom stereocenters. The number of primary sulfonamides is 1. The molecular weight excluding hydrogens is 748 g/mol. The van der Waals surface area contributed by atoms with E-state index in [0.717, 1.165) is 40.2 Å². The Hall–Kier alpha value is -3.18. The Kier molecular flexibility index (Phi) is 13.8. The van der Waals surface area contributed by atoms with Gasteiger partial charge in [-0.15, -0.1) is 11.8 Å². The highest BCUT2D eigenvalue weighted by Gasteiger charge is 2.50. The Labute approximate surface area is 310 Å². The molecule has 4 aromatic rings. The summed E-state index contributed by atoms with van der Waals surface area (Å²) in [7, 11) is -13.6. The van der Waals surface area contributed by atoms with Gasteiger partial charge < -0.3 is 15.0 Å². The van der Waals surface area contributed by atoms with Gasteiger partial charge in [-0.25, -0.2) is 22.0 Å². The lowest BCUT2D eigenvalue weighted by molar-refractivity contribution is -0.0435. The van der Waals surface area contributed by atoms with Crippen LogP contribution in [0.4, 0.5) is 18.9 Å². The molecular formula is C37H46F3N3O5S3Si. The average Bonchev–Trinajstić information content (AvgIpc) is 3.11. The predicted octanol–water partition coefficient (Wildman–Crippen LogP) is 6.22. The number of nitrogens with zero attached hydrogens (tertiary/aromatic N) is 1. The van der Waals surface area contributed by atoms with E-state index in [1.165, 1.54) is 11.8 Å². The zero-order valence-electron chi connectivity index (χ0n) is 29.4. The molecule has 0 fully saturated rings. The van der Waals surface area contributed by atoms with Crippen LogP contribution in [0, 0.1) is 0 Å². The molecule has 0 aliphatic rings. The molecule has 52 heavy (non-hydrogen) atoms. The van der Waals surface area contributed by atoms with Crippen molar-refractivity contribution in [1.29, 1.82) is 0 Å². The second kappa shape index (κ2) is 17.3. The largest absolute Gasteiger partial charge is 0.501 e. The number of alkyl halides is 3. The fourth-order valence-electron chi connectivity index (χ4n) is 6.28. The Bertz CT molecular complexity index is 1930. The summed E-state index contributed by atoms with van der Waals surface area (Å²) in [6.07, 6.45) is 1.94. The number of thioether (sulfide) groups is 1. The Balaban J connectivity index is 1.54. The van der Waals surface area contributed by atoms with Crippen LogP contribution in [0.5, 0.6) is 0 Å². The predicted molar refractivity (Wildman–Crippen MR) is 206 cm³/mol. The summed E-state index contributed by atoms with van der Waals surface area (Å²) in [5, 5.41) is 9.58. The molecule has 0 amide bonds. The maximum atomic E-state index is 13.8. The molecule has 15 heteroatoms. The van der Waals surface area contributed by atoms with Crippen LogP contribution in [0.2, 0.25) is 5.04 Å². The number of rotatable bonds is 18. The van der Waals surface area contributed by atoms with E-state index in [1.54, 1.807) is 0 Å². The maximum absolute atomic E-state index is 13.8. The molecule has 0 aromatic heterocycles. The van der Waals surface area contributed by atoms with Crippen molar-refractivity contribution in [3.05, 3.63) is 109 Å². The molecule has 0 heterocycles. The van der Waals surface area contributed by atoms with Gasteiger partial charge >= 0.3 is 5.51 Å². The second-order valence-electron chi connectivity index (χ2n) is 13.3. The molecule has 0 saturated heterocycles. The van der Waals surface area contributed by atoms with Crippen LogP contribution >= 0.6 is 11.8 Å². The van der Waals surface area contributed by atoms with Gasteiger partial charge in [-0.1, -0.05) is 99.6 Å². The third-order valence-corrected chi connectivity index (χ3v) is 17.5. The summed E-state index contributed by atoms with van der Waals surface area (Å²) >= 11 is 1.46. The Morgan fingerprint density at radius 3 is 1.88 bits per heavy atom. The molecule has 0 aliphatic heterocycles. The van der Waals surface area contributed by atoms with Crippen LogP contribution in [-0.4, -0.2) is 71.8 Å². The zero-order valence-corrected chi connectivity index (χ0v) is 32.8. The lowest BCUT2D eigenvalue weighted by Crippen LogP contribution is -2.65. The smallest absolute Gasteiger partial charge is 0.424 e. The third-order valence-electron chi connectivity index (χ3n) is 9.31. The summed E-state index contributed by atoms with van der Waals surface area (Å²) in [6, 6.07) is 31.0. The summed E-state index contributed by atoms with van der Waals surface area (Å²) in [4.78, 5) is 13.7.